The summed E-state index contributed by atoms with van der Waals surface area (Å²) in [5, 5.41) is 0. The van der Waals surface area contributed by atoms with E-state index in [1.54, 1.807) is 6.42 Å². The Hall–Kier alpha value is -0.260. The van der Waals surface area contributed by atoms with Gasteiger partial charge in [0.2, 0.25) is 0 Å². The van der Waals surface area contributed by atoms with Crippen molar-refractivity contribution in [2.24, 2.45) is 28.6 Å². The molecule has 5 atom stereocenters. The van der Waals surface area contributed by atoms with Gasteiger partial charge in [0, 0.05) is 0 Å². The second-order valence-electron chi connectivity index (χ2n) is 8.54. The Morgan fingerprint density at radius 3 is 2.74 bits per heavy atom. The zero-order chi connectivity index (χ0) is 13.1. The van der Waals surface area contributed by atoms with Gasteiger partial charge in [0.1, 0.15) is 0 Å². The third-order valence-corrected chi connectivity index (χ3v) is 7.81. The van der Waals surface area contributed by atoms with Crippen molar-refractivity contribution in [1.82, 2.24) is 0 Å². The van der Waals surface area contributed by atoms with Crippen LogP contribution in [0, 0.1) is 28.6 Å². The molecular formula is C19H30. The van der Waals surface area contributed by atoms with Gasteiger partial charge in [-0.15, -0.1) is 0 Å². The third kappa shape index (κ3) is 1.64. The molecule has 19 heavy (non-hydrogen) atoms. The summed E-state index contributed by atoms with van der Waals surface area (Å²) in [4.78, 5) is 0. The molecule has 4 rings (SSSR count). The van der Waals surface area contributed by atoms with Crippen LogP contribution in [-0.2, 0) is 0 Å². The number of fused-ring (bicyclic) bond motifs is 5. The summed E-state index contributed by atoms with van der Waals surface area (Å²) in [7, 11) is 0. The highest BCUT2D eigenvalue weighted by Gasteiger charge is 2.55. The van der Waals surface area contributed by atoms with Crippen LogP contribution in [0.2, 0.25) is 0 Å². The minimum Gasteiger partial charge on any atom is -0.0848 e. The lowest BCUT2D eigenvalue weighted by Crippen LogP contribution is -2.48. The van der Waals surface area contributed by atoms with Gasteiger partial charge >= 0.3 is 0 Å². The zero-order valence-corrected chi connectivity index (χ0v) is 12.9. The molecule has 0 aliphatic heterocycles. The molecule has 0 amide bonds. The summed E-state index contributed by atoms with van der Waals surface area (Å²) < 4.78 is 0. The Kier molecular flexibility index (Phi) is 2.71. The fourth-order valence-corrected chi connectivity index (χ4v) is 6.75. The fourth-order valence-electron chi connectivity index (χ4n) is 6.75. The molecule has 4 aliphatic rings. The lowest BCUT2D eigenvalue weighted by atomic mass is 9.47. The van der Waals surface area contributed by atoms with E-state index in [1.807, 2.05) is 5.57 Å². The van der Waals surface area contributed by atoms with E-state index >= 15 is 0 Å². The van der Waals surface area contributed by atoms with Gasteiger partial charge in [0.05, 0.1) is 0 Å². The zero-order valence-electron chi connectivity index (χ0n) is 12.9. The molecule has 4 aliphatic carbocycles. The van der Waals surface area contributed by atoms with Crippen LogP contribution in [0.1, 0.15) is 78.1 Å². The Bertz CT molecular complexity index is 406. The van der Waals surface area contributed by atoms with Crippen molar-refractivity contribution in [1.29, 1.82) is 0 Å². The van der Waals surface area contributed by atoms with E-state index in [9.17, 15) is 0 Å². The van der Waals surface area contributed by atoms with Crippen molar-refractivity contribution in [3.8, 4) is 0 Å². The van der Waals surface area contributed by atoms with Gasteiger partial charge in [-0.2, -0.15) is 0 Å². The van der Waals surface area contributed by atoms with E-state index in [4.69, 9.17) is 0 Å². The van der Waals surface area contributed by atoms with Crippen molar-refractivity contribution >= 4 is 0 Å². The molecule has 0 unspecified atom stereocenters. The van der Waals surface area contributed by atoms with Gasteiger partial charge in [-0.1, -0.05) is 31.9 Å². The van der Waals surface area contributed by atoms with Gasteiger partial charge in [0.15, 0.2) is 0 Å². The molecular weight excluding hydrogens is 228 g/mol. The van der Waals surface area contributed by atoms with Crippen LogP contribution in [0.25, 0.3) is 0 Å². The van der Waals surface area contributed by atoms with Crippen molar-refractivity contribution < 1.29 is 0 Å². The maximum Gasteiger partial charge on any atom is -0.00853 e. The Morgan fingerprint density at radius 1 is 0.947 bits per heavy atom. The third-order valence-electron chi connectivity index (χ3n) is 7.81. The lowest BCUT2D eigenvalue weighted by Gasteiger charge is -2.57. The van der Waals surface area contributed by atoms with Crippen molar-refractivity contribution in [3.63, 3.8) is 0 Å². The molecule has 0 aromatic rings. The van der Waals surface area contributed by atoms with Crippen LogP contribution in [0.5, 0.6) is 0 Å². The second-order valence-corrected chi connectivity index (χ2v) is 8.54. The summed E-state index contributed by atoms with van der Waals surface area (Å²) in [5.74, 6) is 3.18. The van der Waals surface area contributed by atoms with Gasteiger partial charge in [-0.3, -0.25) is 0 Å². The largest absolute Gasteiger partial charge is 0.0848 e. The highest BCUT2D eigenvalue weighted by atomic mass is 14.6. The predicted octanol–water partition coefficient (Wildman–Crippen LogP) is 5.73. The molecule has 0 N–H and O–H groups in total. The smallest absolute Gasteiger partial charge is 0.00853 e. The molecule has 3 fully saturated rings. The summed E-state index contributed by atoms with van der Waals surface area (Å²) in [6.07, 6.45) is 17.5. The minimum atomic E-state index is 0.602. The van der Waals surface area contributed by atoms with E-state index < -0.39 is 0 Å². The average Bonchev–Trinajstić information content (AvgIpc) is 2.79. The molecule has 0 spiro atoms. The fraction of sp³-hybridized carbons (Fsp3) is 0.895. The first-order valence-electron chi connectivity index (χ1n) is 8.83. The standard InChI is InChI=1S/C19H30/c1-18-11-5-7-16(18)15-9-8-14-6-3-4-12-19(14,2)17(15)10-13-18/h6,15-17H,3-5,7-13H2,1-2H3/t15-,16-,17+,18-,19-/m0/s1. The first kappa shape index (κ1) is 12.5. The molecule has 0 heterocycles. The Balaban J connectivity index is 1.69. The Morgan fingerprint density at radius 2 is 1.84 bits per heavy atom. The van der Waals surface area contributed by atoms with Gasteiger partial charge in [0.25, 0.3) is 0 Å². The normalized spacial score (nSPS) is 52.9. The summed E-state index contributed by atoms with van der Waals surface area (Å²) in [5.41, 5.74) is 3.19. The number of rotatable bonds is 0. The highest BCUT2D eigenvalue weighted by molar-refractivity contribution is 5.23. The van der Waals surface area contributed by atoms with E-state index in [0.717, 1.165) is 23.2 Å². The quantitative estimate of drug-likeness (QED) is 0.487. The van der Waals surface area contributed by atoms with E-state index in [0.29, 0.717) is 5.41 Å². The van der Waals surface area contributed by atoms with Crippen LogP contribution < -0.4 is 0 Å². The monoisotopic (exact) mass is 258 g/mol. The number of hydrogen-bond donors (Lipinski definition) is 0. The molecule has 0 heteroatoms. The molecule has 0 nitrogen and oxygen atoms in total. The molecule has 0 aromatic heterocycles. The van der Waals surface area contributed by atoms with Gasteiger partial charge < -0.3 is 0 Å². The number of allylic oxidation sites excluding steroid dienone is 2. The van der Waals surface area contributed by atoms with Crippen LogP contribution in [-0.4, -0.2) is 0 Å². The predicted molar refractivity (Wildman–Crippen MR) is 80.9 cm³/mol. The van der Waals surface area contributed by atoms with Gasteiger partial charge in [-0.25, -0.2) is 0 Å². The van der Waals surface area contributed by atoms with Gasteiger partial charge in [-0.05, 0) is 86.4 Å². The lowest BCUT2D eigenvalue weighted by molar-refractivity contribution is -0.0360. The van der Waals surface area contributed by atoms with Crippen LogP contribution >= 0.6 is 0 Å². The van der Waals surface area contributed by atoms with E-state index in [2.05, 4.69) is 19.9 Å². The molecule has 0 radical (unpaired) electrons. The highest BCUT2D eigenvalue weighted by Crippen LogP contribution is 2.65. The number of hydrogen-bond acceptors (Lipinski definition) is 0. The molecule has 0 saturated heterocycles. The topological polar surface area (TPSA) is 0 Å². The van der Waals surface area contributed by atoms with Crippen molar-refractivity contribution in [3.05, 3.63) is 11.6 Å². The summed E-state index contributed by atoms with van der Waals surface area (Å²) >= 11 is 0. The SMILES string of the molecule is C[C@@]12CCC[C@H]1[C@@H]1CCC3=CCCC[C@]3(C)[C@@H]1CC2. The van der Waals surface area contributed by atoms with E-state index in [-0.39, 0.29) is 0 Å². The molecule has 0 bridgehead atoms. The van der Waals surface area contributed by atoms with Crippen LogP contribution in [0.15, 0.2) is 11.6 Å². The Labute approximate surface area is 119 Å². The van der Waals surface area contributed by atoms with Crippen molar-refractivity contribution in [2.75, 3.05) is 0 Å². The molecule has 0 aromatic carbocycles. The summed E-state index contributed by atoms with van der Waals surface area (Å²) in [6, 6.07) is 0. The molecule has 106 valence electrons. The summed E-state index contributed by atoms with van der Waals surface area (Å²) in [6.45, 7) is 5.25. The molecule has 3 saturated carbocycles. The van der Waals surface area contributed by atoms with E-state index in [1.165, 1.54) is 57.8 Å². The minimum absolute atomic E-state index is 0.602. The van der Waals surface area contributed by atoms with Crippen LogP contribution in [0.4, 0.5) is 0 Å². The second kappa shape index (κ2) is 4.12. The maximum absolute atomic E-state index is 2.63. The first-order valence-corrected chi connectivity index (χ1v) is 8.83. The first-order chi connectivity index (χ1) is 9.13. The average molecular weight is 258 g/mol. The maximum atomic E-state index is 2.63. The van der Waals surface area contributed by atoms with Crippen molar-refractivity contribution in [2.45, 2.75) is 78.1 Å². The van der Waals surface area contributed by atoms with Crippen LogP contribution in [0.3, 0.4) is 0 Å².